The lowest BCUT2D eigenvalue weighted by atomic mass is 10.1. The molecule has 0 aliphatic carbocycles. The molecule has 4 atom stereocenters. The predicted octanol–water partition coefficient (Wildman–Crippen LogP) is -1.09. The number of hydrogen-bond donors (Lipinski definition) is 5. The summed E-state index contributed by atoms with van der Waals surface area (Å²) in [6, 6.07) is 9.07. The molecule has 1 fully saturated rings. The molecule has 11 nitrogen and oxygen atoms in total. The van der Waals surface area contributed by atoms with Crippen LogP contribution in [0.3, 0.4) is 0 Å². The molecule has 1 saturated heterocycles. The number of hydrogen-bond acceptors (Lipinski definition) is 8. The second-order valence-electron chi connectivity index (χ2n) is 6.68. The Morgan fingerprint density at radius 2 is 2.00 bits per heavy atom. The van der Waals surface area contributed by atoms with Crippen LogP contribution in [0.4, 0.5) is 5.95 Å². The Labute approximate surface area is 163 Å². The molecule has 0 spiro atoms. The van der Waals surface area contributed by atoms with Gasteiger partial charge in [-0.25, -0.2) is 4.98 Å². The van der Waals surface area contributed by atoms with Crippen LogP contribution in [0.5, 0.6) is 0 Å². The lowest BCUT2D eigenvalue weighted by Gasteiger charge is -2.16. The fraction of sp³-hybridized carbons (Fsp3) is 0.333. The number of aliphatic hydroxyl groups is 3. The van der Waals surface area contributed by atoms with Gasteiger partial charge in [-0.1, -0.05) is 30.3 Å². The van der Waals surface area contributed by atoms with E-state index in [-0.39, 0.29) is 29.4 Å². The number of imidazole rings is 1. The quantitative estimate of drug-likeness (QED) is 0.360. The predicted molar refractivity (Wildman–Crippen MR) is 99.9 cm³/mol. The van der Waals surface area contributed by atoms with Crippen LogP contribution in [0.2, 0.25) is 0 Å². The maximum atomic E-state index is 12.3. The summed E-state index contributed by atoms with van der Waals surface area (Å²) < 4.78 is 6.74. The molecule has 1 aliphatic heterocycles. The molecule has 2 unspecified atom stereocenters. The summed E-state index contributed by atoms with van der Waals surface area (Å²) in [5.41, 5.74) is 0.239. The Morgan fingerprint density at radius 1 is 1.24 bits per heavy atom. The molecule has 0 bridgehead atoms. The molecule has 29 heavy (non-hydrogen) atoms. The van der Waals surface area contributed by atoms with E-state index in [4.69, 9.17) is 4.74 Å². The number of anilines is 1. The maximum Gasteiger partial charge on any atom is 0.280 e. The van der Waals surface area contributed by atoms with E-state index in [9.17, 15) is 24.9 Å². The number of benzene rings is 1. The van der Waals surface area contributed by atoms with Crippen molar-refractivity contribution in [2.45, 2.75) is 31.0 Å². The third kappa shape index (κ3) is 3.63. The van der Waals surface area contributed by atoms with E-state index in [1.54, 1.807) is 12.1 Å². The molecule has 0 radical (unpaired) electrons. The fourth-order valence-corrected chi connectivity index (χ4v) is 3.24. The van der Waals surface area contributed by atoms with E-state index >= 15 is 0 Å². The van der Waals surface area contributed by atoms with Crippen molar-refractivity contribution in [1.29, 1.82) is 0 Å². The molecule has 11 heteroatoms. The number of amides is 1. The minimum atomic E-state index is -1.36. The molecule has 1 aliphatic rings. The lowest BCUT2D eigenvalue weighted by Crippen LogP contribution is -2.33. The van der Waals surface area contributed by atoms with Gasteiger partial charge in [0.1, 0.15) is 18.3 Å². The summed E-state index contributed by atoms with van der Waals surface area (Å²) in [5.74, 6) is -0.463. The van der Waals surface area contributed by atoms with Gasteiger partial charge in [0.05, 0.1) is 19.4 Å². The van der Waals surface area contributed by atoms with Crippen molar-refractivity contribution >= 4 is 23.0 Å². The molecular formula is C18H19N5O6. The van der Waals surface area contributed by atoms with E-state index in [2.05, 4.69) is 20.3 Å². The molecule has 3 aromatic rings. The van der Waals surface area contributed by atoms with Gasteiger partial charge in [0, 0.05) is 0 Å². The van der Waals surface area contributed by atoms with Crippen molar-refractivity contribution in [3.63, 3.8) is 0 Å². The first-order chi connectivity index (χ1) is 14.0. The van der Waals surface area contributed by atoms with E-state index < -0.39 is 36.7 Å². The van der Waals surface area contributed by atoms with Crippen molar-refractivity contribution in [3.8, 4) is 0 Å². The van der Waals surface area contributed by atoms with Crippen LogP contribution in [-0.2, 0) is 16.0 Å². The van der Waals surface area contributed by atoms with E-state index in [0.29, 0.717) is 0 Å². The zero-order valence-electron chi connectivity index (χ0n) is 15.1. The number of carbonyl (C=O) groups excluding carboxylic acids is 1. The van der Waals surface area contributed by atoms with Gasteiger partial charge in [-0.15, -0.1) is 0 Å². The summed E-state index contributed by atoms with van der Waals surface area (Å²) in [6.07, 6.45) is -3.43. The fourth-order valence-electron chi connectivity index (χ4n) is 3.24. The van der Waals surface area contributed by atoms with Crippen molar-refractivity contribution in [3.05, 3.63) is 52.6 Å². The minimum Gasteiger partial charge on any atom is -0.394 e. The topological polar surface area (TPSA) is 163 Å². The van der Waals surface area contributed by atoms with Gasteiger partial charge >= 0.3 is 0 Å². The van der Waals surface area contributed by atoms with Gasteiger partial charge in [0.15, 0.2) is 17.4 Å². The third-order valence-electron chi connectivity index (χ3n) is 4.69. The summed E-state index contributed by atoms with van der Waals surface area (Å²) in [6.45, 7) is -0.490. The summed E-state index contributed by atoms with van der Waals surface area (Å²) in [5, 5.41) is 32.0. The summed E-state index contributed by atoms with van der Waals surface area (Å²) >= 11 is 0. The number of aromatic amines is 1. The number of nitrogens with zero attached hydrogens (tertiary/aromatic N) is 3. The Morgan fingerprint density at radius 3 is 2.69 bits per heavy atom. The highest BCUT2D eigenvalue weighted by Crippen LogP contribution is 2.30. The molecule has 2 aromatic heterocycles. The van der Waals surface area contributed by atoms with Crippen molar-refractivity contribution < 1.29 is 24.9 Å². The second kappa shape index (κ2) is 7.72. The average Bonchev–Trinajstić information content (AvgIpc) is 3.24. The second-order valence-corrected chi connectivity index (χ2v) is 6.68. The van der Waals surface area contributed by atoms with Gasteiger partial charge in [0.2, 0.25) is 11.9 Å². The molecule has 152 valence electrons. The summed E-state index contributed by atoms with van der Waals surface area (Å²) in [7, 11) is 0. The van der Waals surface area contributed by atoms with Gasteiger partial charge in [-0.3, -0.25) is 24.5 Å². The van der Waals surface area contributed by atoms with E-state index in [1.165, 1.54) is 10.9 Å². The number of aliphatic hydroxyl groups excluding tert-OH is 3. The SMILES string of the molecule is O=C(Cc1ccccc1)Nc1nc2c(ncn2C2O[C@H](CO)[C@@H](O)C2O)c(=O)[nH]1. The van der Waals surface area contributed by atoms with Crippen LogP contribution in [0.25, 0.3) is 11.2 Å². The van der Waals surface area contributed by atoms with E-state index in [1.807, 2.05) is 18.2 Å². The van der Waals surface area contributed by atoms with Gasteiger partial charge < -0.3 is 20.1 Å². The normalized spacial score (nSPS) is 24.1. The minimum absolute atomic E-state index is 0.0243. The van der Waals surface area contributed by atoms with Crippen molar-refractivity contribution in [2.24, 2.45) is 0 Å². The highest BCUT2D eigenvalue weighted by atomic mass is 16.6. The lowest BCUT2D eigenvalue weighted by molar-refractivity contribution is -0.115. The largest absolute Gasteiger partial charge is 0.394 e. The number of carbonyl (C=O) groups is 1. The standard InChI is InChI=1S/C18H19N5O6/c24-7-10-13(26)14(27)17(29-10)23-8-19-12-15(23)21-18(22-16(12)28)20-11(25)6-9-4-2-1-3-5-9/h1-5,8,10,13-14,17,24,26-27H,6-7H2,(H2,20,21,22,25,28)/t10-,13-,14?,17?/m1/s1. The van der Waals surface area contributed by atoms with Crippen LogP contribution in [0.1, 0.15) is 11.8 Å². The first-order valence-corrected chi connectivity index (χ1v) is 8.91. The Kier molecular flexibility index (Phi) is 5.11. The zero-order chi connectivity index (χ0) is 20.5. The number of nitrogens with one attached hydrogen (secondary N) is 2. The molecule has 0 saturated carbocycles. The van der Waals surface area contributed by atoms with Crippen LogP contribution in [0.15, 0.2) is 41.5 Å². The Bertz CT molecular complexity index is 1080. The number of H-pyrrole nitrogens is 1. The highest BCUT2D eigenvalue weighted by Gasteiger charge is 2.44. The number of ether oxygens (including phenoxy) is 1. The molecular weight excluding hydrogens is 382 g/mol. The summed E-state index contributed by atoms with van der Waals surface area (Å²) in [4.78, 5) is 35.2. The third-order valence-corrected chi connectivity index (χ3v) is 4.69. The van der Waals surface area contributed by atoms with Crippen molar-refractivity contribution in [2.75, 3.05) is 11.9 Å². The highest BCUT2D eigenvalue weighted by molar-refractivity contribution is 5.91. The average molecular weight is 401 g/mol. The van der Waals surface area contributed by atoms with Crippen LogP contribution in [-0.4, -0.2) is 65.7 Å². The van der Waals surface area contributed by atoms with Crippen LogP contribution >= 0.6 is 0 Å². The number of aromatic nitrogens is 4. The Balaban J connectivity index is 1.62. The monoisotopic (exact) mass is 401 g/mol. The smallest absolute Gasteiger partial charge is 0.280 e. The van der Waals surface area contributed by atoms with Crippen LogP contribution in [0, 0.1) is 0 Å². The van der Waals surface area contributed by atoms with Gasteiger partial charge in [0.25, 0.3) is 5.56 Å². The first-order valence-electron chi connectivity index (χ1n) is 8.91. The van der Waals surface area contributed by atoms with Gasteiger partial charge in [-0.05, 0) is 5.56 Å². The molecule has 4 rings (SSSR count). The molecule has 1 aromatic carbocycles. The van der Waals surface area contributed by atoms with Crippen molar-refractivity contribution in [1.82, 2.24) is 19.5 Å². The first kappa shape index (κ1) is 19.2. The van der Waals surface area contributed by atoms with E-state index in [0.717, 1.165) is 5.56 Å². The Hall–Kier alpha value is -3.12. The molecule has 1 amide bonds. The number of rotatable bonds is 5. The molecule has 3 heterocycles. The van der Waals surface area contributed by atoms with Gasteiger partial charge in [-0.2, -0.15) is 4.98 Å². The molecule has 5 N–H and O–H groups in total. The zero-order valence-corrected chi connectivity index (χ0v) is 15.1. The maximum absolute atomic E-state index is 12.3. The number of fused-ring (bicyclic) bond motifs is 1. The van der Waals surface area contributed by atoms with Crippen LogP contribution < -0.4 is 10.9 Å².